The van der Waals surface area contributed by atoms with Gasteiger partial charge in [0.1, 0.15) is 12.3 Å². The van der Waals surface area contributed by atoms with E-state index in [9.17, 15) is 9.59 Å². The fraction of sp³-hybridized carbons (Fsp3) is 0.182. The number of thiocarbonyl (C=S) groups is 1. The Bertz CT molecular complexity index is 417. The molecule has 4 N–H and O–H groups in total. The largest absolute Gasteiger partial charge is 0.425 e. The van der Waals surface area contributed by atoms with Crippen molar-refractivity contribution in [2.45, 2.75) is 0 Å². The van der Waals surface area contributed by atoms with Crippen molar-refractivity contribution in [2.24, 2.45) is 5.73 Å². The monoisotopic (exact) mass is 267 g/mol. The molecule has 6 nitrogen and oxygen atoms in total. The lowest BCUT2D eigenvalue weighted by atomic mass is 10.3. The number of rotatable bonds is 4. The number of nitrogens with two attached hydrogens (primary N) is 1. The average Bonchev–Trinajstić information content (AvgIpc) is 2.38. The smallest absolute Gasteiger partial charge is 0.330 e. The molecule has 0 radical (unpaired) electrons. The Balaban J connectivity index is 0.000000873. The van der Waals surface area contributed by atoms with Crippen LogP contribution >= 0.6 is 12.2 Å². The summed E-state index contributed by atoms with van der Waals surface area (Å²) in [6.07, 6.45) is 0. The first kappa shape index (κ1) is 15.9. The Morgan fingerprint density at radius 3 is 2.44 bits per heavy atom. The molecule has 1 aromatic carbocycles. The van der Waals surface area contributed by atoms with E-state index in [4.69, 9.17) is 15.9 Å². The van der Waals surface area contributed by atoms with Crippen molar-refractivity contribution in [1.29, 1.82) is 5.41 Å². The number of isothiocyanates is 1. The number of ether oxygens (including phenoxy) is 1. The Kier molecular flexibility index (Phi) is 8.93. The fourth-order valence-corrected chi connectivity index (χ4v) is 0.899. The van der Waals surface area contributed by atoms with E-state index < -0.39 is 5.97 Å². The molecule has 0 heterocycles. The summed E-state index contributed by atoms with van der Waals surface area (Å²) >= 11 is 3.81. The van der Waals surface area contributed by atoms with Crippen LogP contribution in [-0.4, -0.2) is 30.1 Å². The molecule has 0 aliphatic heterocycles. The standard InChI is InChI=1S/C10H12N2O3.CHNS/c11-6-9(13)12-7-10(14)15-8-4-2-1-3-5-8;2-1-3/h1-5H,6-7,11H2,(H,12,13);2H. The number of nitrogens with one attached hydrogen (secondary N) is 2. The minimum Gasteiger partial charge on any atom is -0.425 e. The van der Waals surface area contributed by atoms with Gasteiger partial charge in [-0.15, -0.1) is 0 Å². The van der Waals surface area contributed by atoms with Crippen molar-refractivity contribution in [3.8, 4) is 5.75 Å². The molecule has 18 heavy (non-hydrogen) atoms. The highest BCUT2D eigenvalue weighted by Crippen LogP contribution is 2.07. The van der Waals surface area contributed by atoms with Gasteiger partial charge >= 0.3 is 5.97 Å². The molecule has 0 unspecified atom stereocenters. The van der Waals surface area contributed by atoms with E-state index in [1.54, 1.807) is 29.4 Å². The molecule has 1 rings (SSSR count). The highest BCUT2D eigenvalue weighted by atomic mass is 32.1. The minimum atomic E-state index is -0.525. The van der Waals surface area contributed by atoms with Crippen molar-refractivity contribution in [3.63, 3.8) is 0 Å². The first-order valence-corrected chi connectivity index (χ1v) is 5.31. The number of hydrogen-bond donors (Lipinski definition) is 3. The molecule has 0 spiro atoms. The summed E-state index contributed by atoms with van der Waals surface area (Å²) in [5, 5.41) is 9.67. The van der Waals surface area contributed by atoms with Crippen LogP contribution in [0.2, 0.25) is 0 Å². The average molecular weight is 267 g/mol. The lowest BCUT2D eigenvalue weighted by Crippen LogP contribution is -2.35. The lowest BCUT2D eigenvalue weighted by molar-refractivity contribution is -0.135. The number of esters is 1. The number of amides is 1. The summed E-state index contributed by atoms with van der Waals surface area (Å²) in [5.74, 6) is -0.465. The zero-order valence-electron chi connectivity index (χ0n) is 9.51. The predicted molar refractivity (Wildman–Crippen MR) is 69.5 cm³/mol. The Hall–Kier alpha value is -2.08. The van der Waals surface area contributed by atoms with E-state index >= 15 is 0 Å². The van der Waals surface area contributed by atoms with Crippen LogP contribution in [0.25, 0.3) is 0 Å². The Morgan fingerprint density at radius 1 is 1.39 bits per heavy atom. The SMILES string of the molecule is N=C=S.NCC(=O)NCC(=O)Oc1ccccc1. The number of hydrogen-bond acceptors (Lipinski definition) is 6. The molecule has 0 fully saturated rings. The maximum absolute atomic E-state index is 11.2. The van der Waals surface area contributed by atoms with Crippen LogP contribution in [0.15, 0.2) is 30.3 Å². The molecule has 1 aromatic rings. The van der Waals surface area contributed by atoms with Gasteiger partial charge in [0.15, 0.2) is 0 Å². The third-order valence-electron chi connectivity index (χ3n) is 1.59. The molecule has 0 aromatic heterocycles. The van der Waals surface area contributed by atoms with Crippen LogP contribution in [-0.2, 0) is 9.59 Å². The van der Waals surface area contributed by atoms with Crippen molar-refractivity contribution < 1.29 is 14.3 Å². The van der Waals surface area contributed by atoms with Gasteiger partial charge < -0.3 is 15.8 Å². The summed E-state index contributed by atoms with van der Waals surface area (Å²) in [5.41, 5.74) is 5.05. The third kappa shape index (κ3) is 8.12. The van der Waals surface area contributed by atoms with Gasteiger partial charge in [0, 0.05) is 0 Å². The highest BCUT2D eigenvalue weighted by molar-refractivity contribution is 7.78. The Labute approximate surface area is 110 Å². The lowest BCUT2D eigenvalue weighted by Gasteiger charge is -2.04. The van der Waals surface area contributed by atoms with Crippen LogP contribution in [0.3, 0.4) is 0 Å². The molecular weight excluding hydrogens is 254 g/mol. The molecule has 0 aliphatic carbocycles. The molecule has 0 aliphatic rings. The summed E-state index contributed by atoms with van der Waals surface area (Å²) in [6, 6.07) is 8.63. The predicted octanol–water partition coefficient (Wildman–Crippen LogP) is 0.335. The molecule has 0 saturated heterocycles. The van der Waals surface area contributed by atoms with Gasteiger partial charge in [-0.25, -0.2) is 10.2 Å². The Morgan fingerprint density at radius 2 is 1.94 bits per heavy atom. The first-order valence-electron chi connectivity index (χ1n) is 4.90. The number of carbonyl (C=O) groups excluding carboxylic acids is 2. The van der Waals surface area contributed by atoms with Crippen molar-refractivity contribution in [1.82, 2.24) is 5.32 Å². The summed E-state index contributed by atoms with van der Waals surface area (Å²) < 4.78 is 4.91. The van der Waals surface area contributed by atoms with Gasteiger partial charge in [-0.2, -0.15) is 0 Å². The number of benzene rings is 1. The maximum atomic E-state index is 11.2. The van der Waals surface area contributed by atoms with Crippen molar-refractivity contribution >= 4 is 29.3 Å². The van der Waals surface area contributed by atoms with Gasteiger partial charge in [0.05, 0.1) is 11.7 Å². The third-order valence-corrected chi connectivity index (χ3v) is 1.59. The van der Waals surface area contributed by atoms with Crippen molar-refractivity contribution in [2.75, 3.05) is 13.1 Å². The summed E-state index contributed by atoms with van der Waals surface area (Å²) in [4.78, 5) is 21.9. The number of carbonyl (C=O) groups is 2. The van der Waals surface area contributed by atoms with E-state index in [-0.39, 0.29) is 19.0 Å². The van der Waals surface area contributed by atoms with Gasteiger partial charge in [-0.1, -0.05) is 18.2 Å². The quantitative estimate of drug-likeness (QED) is 0.315. The van der Waals surface area contributed by atoms with Gasteiger partial charge in [-0.3, -0.25) is 4.79 Å². The topological polar surface area (TPSA) is 105 Å². The van der Waals surface area contributed by atoms with E-state index in [1.807, 2.05) is 6.07 Å². The zero-order valence-corrected chi connectivity index (χ0v) is 10.3. The second-order valence-electron chi connectivity index (χ2n) is 2.87. The summed E-state index contributed by atoms with van der Waals surface area (Å²) in [7, 11) is 0. The number of para-hydroxylation sites is 1. The molecule has 1 amide bonds. The van der Waals surface area contributed by atoms with Crippen LogP contribution in [0, 0.1) is 5.41 Å². The second kappa shape index (κ2) is 10.1. The molecule has 96 valence electrons. The normalized spacial score (nSPS) is 8.28. The molecule has 0 bridgehead atoms. The van der Waals surface area contributed by atoms with Gasteiger partial charge in [-0.05, 0) is 24.4 Å². The molecular formula is C11H13N3O3S. The highest BCUT2D eigenvalue weighted by Gasteiger charge is 2.05. The van der Waals surface area contributed by atoms with Crippen LogP contribution in [0.4, 0.5) is 0 Å². The van der Waals surface area contributed by atoms with Gasteiger partial charge in [0.2, 0.25) is 5.91 Å². The van der Waals surface area contributed by atoms with E-state index in [0.29, 0.717) is 5.75 Å². The zero-order chi connectivity index (χ0) is 13.8. The minimum absolute atomic E-state index is 0.140. The maximum Gasteiger partial charge on any atom is 0.330 e. The first-order chi connectivity index (χ1) is 8.63. The van der Waals surface area contributed by atoms with Crippen LogP contribution in [0.5, 0.6) is 5.75 Å². The van der Waals surface area contributed by atoms with Crippen LogP contribution < -0.4 is 15.8 Å². The second-order valence-corrected chi connectivity index (χ2v) is 3.07. The molecule has 7 heteroatoms. The molecule has 0 atom stereocenters. The molecule has 0 saturated carbocycles. The summed E-state index contributed by atoms with van der Waals surface area (Å²) in [6.45, 7) is -0.316. The van der Waals surface area contributed by atoms with Crippen LogP contribution in [0.1, 0.15) is 0 Å². The van der Waals surface area contributed by atoms with E-state index in [2.05, 4.69) is 17.5 Å². The van der Waals surface area contributed by atoms with Gasteiger partial charge in [0.25, 0.3) is 0 Å². The van der Waals surface area contributed by atoms with Crippen molar-refractivity contribution in [3.05, 3.63) is 30.3 Å². The van der Waals surface area contributed by atoms with E-state index in [0.717, 1.165) is 0 Å². The van der Waals surface area contributed by atoms with E-state index in [1.165, 1.54) is 0 Å². The fourth-order valence-electron chi connectivity index (χ4n) is 0.899.